The number of piperazine rings is 1. The number of aliphatic hydroxyl groups is 1. The first-order valence-corrected chi connectivity index (χ1v) is 6.30. The van der Waals surface area contributed by atoms with E-state index in [1.54, 1.807) is 0 Å². The van der Waals surface area contributed by atoms with Crippen molar-refractivity contribution in [2.24, 2.45) is 0 Å². The van der Waals surface area contributed by atoms with Gasteiger partial charge in [0.15, 0.2) is 0 Å². The maximum absolute atomic E-state index is 9.50. The van der Waals surface area contributed by atoms with Crippen molar-refractivity contribution in [2.45, 2.75) is 32.9 Å². The molecule has 0 spiro atoms. The van der Waals surface area contributed by atoms with Crippen molar-refractivity contribution in [1.82, 2.24) is 5.32 Å². The van der Waals surface area contributed by atoms with Gasteiger partial charge in [0.25, 0.3) is 0 Å². The zero-order valence-electron chi connectivity index (χ0n) is 10.9. The van der Waals surface area contributed by atoms with Crippen LogP contribution >= 0.6 is 0 Å². The number of hydrogen-bond acceptors (Lipinski definition) is 3. The number of aryl methyl sites for hydroxylation is 2. The van der Waals surface area contributed by atoms with E-state index in [2.05, 4.69) is 49.2 Å². The standard InChI is InChI=1S/C14H22N2O/c1-10-4-5-14(11(2)6-10)16-12(3)7-15-8-13(16)9-17/h4-6,12-13,15,17H,7-9H2,1-3H3. The molecule has 94 valence electrons. The highest BCUT2D eigenvalue weighted by Gasteiger charge is 2.28. The molecule has 3 nitrogen and oxygen atoms in total. The maximum atomic E-state index is 9.50. The third kappa shape index (κ3) is 2.45. The Kier molecular flexibility index (Phi) is 3.69. The zero-order valence-corrected chi connectivity index (χ0v) is 10.9. The summed E-state index contributed by atoms with van der Waals surface area (Å²) >= 11 is 0. The zero-order chi connectivity index (χ0) is 12.4. The Labute approximate surface area is 103 Å². The first-order valence-electron chi connectivity index (χ1n) is 6.30. The lowest BCUT2D eigenvalue weighted by molar-refractivity contribution is 0.235. The van der Waals surface area contributed by atoms with E-state index in [4.69, 9.17) is 0 Å². The lowest BCUT2D eigenvalue weighted by Crippen LogP contribution is -2.58. The molecule has 1 heterocycles. The van der Waals surface area contributed by atoms with E-state index in [1.165, 1.54) is 16.8 Å². The molecule has 3 heteroatoms. The van der Waals surface area contributed by atoms with Gasteiger partial charge in [-0.1, -0.05) is 17.7 Å². The molecule has 1 aromatic carbocycles. The van der Waals surface area contributed by atoms with Crippen LogP contribution in [-0.2, 0) is 0 Å². The summed E-state index contributed by atoms with van der Waals surface area (Å²) in [4.78, 5) is 2.35. The van der Waals surface area contributed by atoms with Crippen molar-refractivity contribution in [3.8, 4) is 0 Å². The van der Waals surface area contributed by atoms with Crippen LogP contribution < -0.4 is 10.2 Å². The van der Waals surface area contributed by atoms with Gasteiger partial charge in [-0.05, 0) is 32.4 Å². The molecule has 1 aromatic rings. The smallest absolute Gasteiger partial charge is 0.0649 e. The third-order valence-electron chi connectivity index (χ3n) is 3.53. The van der Waals surface area contributed by atoms with Gasteiger partial charge in [-0.25, -0.2) is 0 Å². The van der Waals surface area contributed by atoms with Gasteiger partial charge in [-0.15, -0.1) is 0 Å². The van der Waals surface area contributed by atoms with E-state index < -0.39 is 0 Å². The molecule has 1 fully saturated rings. The number of anilines is 1. The second kappa shape index (κ2) is 5.07. The van der Waals surface area contributed by atoms with E-state index >= 15 is 0 Å². The van der Waals surface area contributed by atoms with Crippen molar-refractivity contribution >= 4 is 5.69 Å². The molecule has 17 heavy (non-hydrogen) atoms. The Morgan fingerprint density at radius 2 is 2.12 bits per heavy atom. The Balaban J connectivity index is 2.34. The van der Waals surface area contributed by atoms with Crippen molar-refractivity contribution in [3.05, 3.63) is 29.3 Å². The molecule has 0 aromatic heterocycles. The Morgan fingerprint density at radius 1 is 1.35 bits per heavy atom. The number of hydrogen-bond donors (Lipinski definition) is 2. The average molecular weight is 234 g/mol. The van der Waals surface area contributed by atoms with Crippen molar-refractivity contribution < 1.29 is 5.11 Å². The highest BCUT2D eigenvalue weighted by Crippen LogP contribution is 2.26. The second-order valence-corrected chi connectivity index (χ2v) is 5.04. The predicted octanol–water partition coefficient (Wildman–Crippen LogP) is 1.46. The summed E-state index contributed by atoms with van der Waals surface area (Å²) in [6.45, 7) is 8.49. The summed E-state index contributed by atoms with van der Waals surface area (Å²) in [5, 5.41) is 12.9. The molecular weight excluding hydrogens is 212 g/mol. The van der Waals surface area contributed by atoms with Gasteiger partial charge < -0.3 is 15.3 Å². The van der Waals surface area contributed by atoms with Gasteiger partial charge >= 0.3 is 0 Å². The molecule has 0 aliphatic carbocycles. The first-order chi connectivity index (χ1) is 8.13. The Morgan fingerprint density at radius 3 is 2.76 bits per heavy atom. The number of aliphatic hydroxyl groups excluding tert-OH is 1. The van der Waals surface area contributed by atoms with Gasteiger partial charge in [-0.2, -0.15) is 0 Å². The van der Waals surface area contributed by atoms with Gasteiger partial charge in [0.2, 0.25) is 0 Å². The number of benzene rings is 1. The lowest BCUT2D eigenvalue weighted by atomic mass is 10.0. The van der Waals surface area contributed by atoms with Gasteiger partial charge in [0, 0.05) is 24.8 Å². The van der Waals surface area contributed by atoms with Crippen LogP contribution in [0.2, 0.25) is 0 Å². The first kappa shape index (κ1) is 12.4. The van der Waals surface area contributed by atoms with Crippen LogP contribution in [0, 0.1) is 13.8 Å². The topological polar surface area (TPSA) is 35.5 Å². The Bertz CT molecular complexity index is 392. The minimum Gasteiger partial charge on any atom is -0.394 e. The predicted molar refractivity (Wildman–Crippen MR) is 71.6 cm³/mol. The molecule has 0 bridgehead atoms. The molecule has 1 saturated heterocycles. The van der Waals surface area contributed by atoms with Gasteiger partial charge in [0.05, 0.1) is 12.6 Å². The molecule has 2 N–H and O–H groups in total. The van der Waals surface area contributed by atoms with E-state index in [0.717, 1.165) is 13.1 Å². The van der Waals surface area contributed by atoms with Gasteiger partial charge in [0.1, 0.15) is 0 Å². The van der Waals surface area contributed by atoms with Crippen LogP contribution in [0.4, 0.5) is 5.69 Å². The van der Waals surface area contributed by atoms with E-state index in [0.29, 0.717) is 6.04 Å². The number of rotatable bonds is 2. The maximum Gasteiger partial charge on any atom is 0.0649 e. The summed E-state index contributed by atoms with van der Waals surface area (Å²) in [6, 6.07) is 7.13. The summed E-state index contributed by atoms with van der Waals surface area (Å²) < 4.78 is 0. The van der Waals surface area contributed by atoms with Crippen LogP contribution in [0.25, 0.3) is 0 Å². The lowest BCUT2D eigenvalue weighted by Gasteiger charge is -2.42. The molecule has 2 unspecified atom stereocenters. The highest BCUT2D eigenvalue weighted by molar-refractivity contribution is 5.56. The monoisotopic (exact) mass is 234 g/mol. The fourth-order valence-electron chi connectivity index (χ4n) is 2.70. The highest BCUT2D eigenvalue weighted by atomic mass is 16.3. The molecule has 1 aliphatic heterocycles. The fraction of sp³-hybridized carbons (Fsp3) is 0.571. The van der Waals surface area contributed by atoms with E-state index in [-0.39, 0.29) is 12.6 Å². The summed E-state index contributed by atoms with van der Waals surface area (Å²) in [5.74, 6) is 0. The van der Waals surface area contributed by atoms with Gasteiger partial charge in [-0.3, -0.25) is 0 Å². The molecule has 2 atom stereocenters. The normalized spacial score (nSPS) is 25.1. The minimum atomic E-state index is 0.181. The number of nitrogens with zero attached hydrogens (tertiary/aromatic N) is 1. The summed E-state index contributed by atoms with van der Waals surface area (Å²) in [6.07, 6.45) is 0. The fourth-order valence-corrected chi connectivity index (χ4v) is 2.70. The Hall–Kier alpha value is -1.06. The number of nitrogens with one attached hydrogen (secondary N) is 1. The SMILES string of the molecule is Cc1ccc(N2C(C)CNCC2CO)c(C)c1. The van der Waals surface area contributed by atoms with Crippen molar-refractivity contribution in [3.63, 3.8) is 0 Å². The summed E-state index contributed by atoms with van der Waals surface area (Å²) in [5.41, 5.74) is 3.83. The van der Waals surface area contributed by atoms with Crippen molar-refractivity contribution in [1.29, 1.82) is 0 Å². The van der Waals surface area contributed by atoms with Crippen LogP contribution in [0.3, 0.4) is 0 Å². The third-order valence-corrected chi connectivity index (χ3v) is 3.53. The molecule has 1 aliphatic rings. The van der Waals surface area contributed by atoms with Crippen molar-refractivity contribution in [2.75, 3.05) is 24.6 Å². The molecular formula is C14H22N2O. The summed E-state index contributed by atoms with van der Waals surface area (Å²) in [7, 11) is 0. The molecule has 0 radical (unpaired) electrons. The largest absolute Gasteiger partial charge is 0.394 e. The van der Waals surface area contributed by atoms with Crippen LogP contribution in [0.1, 0.15) is 18.1 Å². The molecule has 0 saturated carbocycles. The van der Waals surface area contributed by atoms with Crippen LogP contribution in [0.15, 0.2) is 18.2 Å². The average Bonchev–Trinajstić information content (AvgIpc) is 2.30. The minimum absolute atomic E-state index is 0.181. The van der Waals surface area contributed by atoms with E-state index in [9.17, 15) is 5.11 Å². The van der Waals surface area contributed by atoms with E-state index in [1.807, 2.05) is 0 Å². The molecule has 2 rings (SSSR count). The quantitative estimate of drug-likeness (QED) is 0.813. The molecule has 0 amide bonds. The van der Waals surface area contributed by atoms with Crippen LogP contribution in [0.5, 0.6) is 0 Å². The van der Waals surface area contributed by atoms with Crippen LogP contribution in [-0.4, -0.2) is 36.9 Å². The second-order valence-electron chi connectivity index (χ2n) is 5.04.